The number of aryl methyl sites for hydroxylation is 2. The first-order valence-electron chi connectivity index (χ1n) is 6.43. The highest BCUT2D eigenvalue weighted by molar-refractivity contribution is 4.99. The molecule has 2 rings (SSSR count). The van der Waals surface area contributed by atoms with Crippen molar-refractivity contribution in [2.75, 3.05) is 13.1 Å². The van der Waals surface area contributed by atoms with Gasteiger partial charge in [0.05, 0.1) is 0 Å². The quantitative estimate of drug-likeness (QED) is 0.715. The minimum absolute atomic E-state index is 0.598. The smallest absolute Gasteiger partial charge is 0.108 e. The van der Waals surface area contributed by atoms with E-state index in [1.807, 2.05) is 12.4 Å². The number of aromatic nitrogens is 2. The van der Waals surface area contributed by atoms with Crippen molar-refractivity contribution in [3.63, 3.8) is 0 Å². The fourth-order valence-corrected chi connectivity index (χ4v) is 2.24. The molecule has 90 valence electrons. The Balaban J connectivity index is 1.75. The molecule has 0 atom stereocenters. The van der Waals surface area contributed by atoms with Crippen molar-refractivity contribution in [3.05, 3.63) is 18.2 Å². The van der Waals surface area contributed by atoms with E-state index < -0.39 is 0 Å². The summed E-state index contributed by atoms with van der Waals surface area (Å²) in [6, 6.07) is 0. The van der Waals surface area contributed by atoms with Gasteiger partial charge in [-0.3, -0.25) is 0 Å². The van der Waals surface area contributed by atoms with Crippen LogP contribution in [0.2, 0.25) is 0 Å². The third-order valence-electron chi connectivity index (χ3n) is 3.68. The van der Waals surface area contributed by atoms with Gasteiger partial charge in [0, 0.05) is 32.4 Å². The Bertz CT molecular complexity index is 326. The summed E-state index contributed by atoms with van der Waals surface area (Å²) in [5.74, 6) is 1.22. The van der Waals surface area contributed by atoms with Gasteiger partial charge in [-0.2, -0.15) is 0 Å². The zero-order chi connectivity index (χ0) is 11.4. The van der Waals surface area contributed by atoms with Gasteiger partial charge >= 0.3 is 0 Å². The lowest BCUT2D eigenvalue weighted by atomic mass is 10.00. The first kappa shape index (κ1) is 11.6. The van der Waals surface area contributed by atoms with Crippen molar-refractivity contribution < 1.29 is 0 Å². The highest BCUT2D eigenvalue weighted by Crippen LogP contribution is 2.48. The van der Waals surface area contributed by atoms with Crippen LogP contribution in [0.15, 0.2) is 12.4 Å². The maximum absolute atomic E-state index is 4.39. The van der Waals surface area contributed by atoms with E-state index in [1.54, 1.807) is 0 Å². The van der Waals surface area contributed by atoms with Gasteiger partial charge in [-0.15, -0.1) is 0 Å². The average Bonchev–Trinajstić information content (AvgIpc) is 2.93. The van der Waals surface area contributed by atoms with E-state index in [1.165, 1.54) is 38.1 Å². The summed E-state index contributed by atoms with van der Waals surface area (Å²) in [6.45, 7) is 4.58. The standard InChI is InChI=1S/C13H23N3/c1-3-8-14-11-13(6-7-13)5-4-12-15-9-10-16(12)2/h9-10,14H,3-8,11H2,1-2H3. The summed E-state index contributed by atoms with van der Waals surface area (Å²) < 4.78 is 2.13. The molecule has 16 heavy (non-hydrogen) atoms. The Morgan fingerprint density at radius 1 is 1.50 bits per heavy atom. The third kappa shape index (κ3) is 2.85. The van der Waals surface area contributed by atoms with Gasteiger partial charge in [0.15, 0.2) is 0 Å². The van der Waals surface area contributed by atoms with Gasteiger partial charge in [0.25, 0.3) is 0 Å². The molecular weight excluding hydrogens is 198 g/mol. The van der Waals surface area contributed by atoms with Crippen LogP contribution in [0.1, 0.15) is 38.4 Å². The van der Waals surface area contributed by atoms with Crippen LogP contribution in [0.25, 0.3) is 0 Å². The first-order chi connectivity index (χ1) is 7.76. The zero-order valence-corrected chi connectivity index (χ0v) is 10.5. The van der Waals surface area contributed by atoms with Crippen LogP contribution in [0.4, 0.5) is 0 Å². The van der Waals surface area contributed by atoms with Gasteiger partial charge in [-0.05, 0) is 37.6 Å². The Kier molecular flexibility index (Phi) is 3.64. The summed E-state index contributed by atoms with van der Waals surface area (Å²) in [4.78, 5) is 4.39. The van der Waals surface area contributed by atoms with E-state index in [4.69, 9.17) is 0 Å². The second kappa shape index (κ2) is 5.00. The monoisotopic (exact) mass is 221 g/mol. The van der Waals surface area contributed by atoms with Crippen molar-refractivity contribution in [2.24, 2.45) is 12.5 Å². The fourth-order valence-electron chi connectivity index (χ4n) is 2.24. The molecule has 0 bridgehead atoms. The molecule has 1 heterocycles. The van der Waals surface area contributed by atoms with E-state index in [0.29, 0.717) is 5.41 Å². The topological polar surface area (TPSA) is 29.9 Å². The summed E-state index contributed by atoms with van der Waals surface area (Å²) in [7, 11) is 2.08. The molecule has 0 radical (unpaired) electrons. The fraction of sp³-hybridized carbons (Fsp3) is 0.769. The number of rotatable bonds is 7. The molecule has 1 fully saturated rings. The van der Waals surface area contributed by atoms with Gasteiger partial charge in [-0.1, -0.05) is 6.92 Å². The van der Waals surface area contributed by atoms with Crippen LogP contribution in [-0.4, -0.2) is 22.6 Å². The Morgan fingerprint density at radius 3 is 2.88 bits per heavy atom. The normalized spacial score (nSPS) is 17.6. The lowest BCUT2D eigenvalue weighted by Crippen LogP contribution is -2.25. The van der Waals surface area contributed by atoms with E-state index in [2.05, 4.69) is 28.8 Å². The summed E-state index contributed by atoms with van der Waals surface area (Å²) >= 11 is 0. The molecule has 0 unspecified atom stereocenters. The van der Waals surface area contributed by atoms with Crippen LogP contribution in [0, 0.1) is 5.41 Å². The predicted molar refractivity (Wildman–Crippen MR) is 66.4 cm³/mol. The molecule has 1 aliphatic rings. The molecular formula is C13H23N3. The molecule has 1 N–H and O–H groups in total. The van der Waals surface area contributed by atoms with Gasteiger partial charge in [-0.25, -0.2) is 4.98 Å². The lowest BCUT2D eigenvalue weighted by molar-refractivity contribution is 0.421. The number of imidazole rings is 1. The minimum Gasteiger partial charge on any atom is -0.338 e. The number of nitrogens with zero attached hydrogens (tertiary/aromatic N) is 2. The first-order valence-corrected chi connectivity index (χ1v) is 6.43. The molecule has 0 aromatic carbocycles. The van der Waals surface area contributed by atoms with E-state index in [9.17, 15) is 0 Å². The Morgan fingerprint density at radius 2 is 2.31 bits per heavy atom. The average molecular weight is 221 g/mol. The third-order valence-corrected chi connectivity index (χ3v) is 3.68. The molecule has 1 aliphatic carbocycles. The van der Waals surface area contributed by atoms with Crippen molar-refractivity contribution >= 4 is 0 Å². The molecule has 0 amide bonds. The van der Waals surface area contributed by atoms with Crippen molar-refractivity contribution in [3.8, 4) is 0 Å². The molecule has 1 saturated carbocycles. The predicted octanol–water partition coefficient (Wildman–Crippen LogP) is 2.13. The summed E-state index contributed by atoms with van der Waals surface area (Å²) in [5, 5.41) is 3.56. The Labute approximate surface area is 98.3 Å². The molecule has 0 aliphatic heterocycles. The highest BCUT2D eigenvalue weighted by atomic mass is 15.0. The summed E-state index contributed by atoms with van der Waals surface area (Å²) in [5.41, 5.74) is 0.598. The highest BCUT2D eigenvalue weighted by Gasteiger charge is 2.41. The van der Waals surface area contributed by atoms with E-state index >= 15 is 0 Å². The van der Waals surface area contributed by atoms with Crippen LogP contribution >= 0.6 is 0 Å². The Hall–Kier alpha value is -0.830. The molecule has 3 heteroatoms. The van der Waals surface area contributed by atoms with Gasteiger partial charge in [0.1, 0.15) is 5.82 Å². The molecule has 3 nitrogen and oxygen atoms in total. The maximum atomic E-state index is 4.39. The van der Waals surface area contributed by atoms with Crippen LogP contribution in [0.3, 0.4) is 0 Å². The van der Waals surface area contributed by atoms with E-state index in [-0.39, 0.29) is 0 Å². The lowest BCUT2D eigenvalue weighted by Gasteiger charge is -2.15. The van der Waals surface area contributed by atoms with Crippen molar-refractivity contribution in [1.82, 2.24) is 14.9 Å². The van der Waals surface area contributed by atoms with Crippen molar-refractivity contribution in [2.45, 2.75) is 39.0 Å². The number of nitrogens with one attached hydrogen (secondary N) is 1. The minimum atomic E-state index is 0.598. The van der Waals surface area contributed by atoms with E-state index in [0.717, 1.165) is 13.0 Å². The zero-order valence-electron chi connectivity index (χ0n) is 10.5. The molecule has 0 spiro atoms. The summed E-state index contributed by atoms with van der Waals surface area (Å²) in [6.07, 6.45) is 10.4. The number of hydrogen-bond donors (Lipinski definition) is 1. The SMILES string of the molecule is CCCNCC1(CCc2nccn2C)CC1. The molecule has 0 saturated heterocycles. The van der Waals surface area contributed by atoms with Gasteiger partial charge in [0.2, 0.25) is 0 Å². The van der Waals surface area contributed by atoms with Crippen molar-refractivity contribution in [1.29, 1.82) is 0 Å². The second-order valence-corrected chi connectivity index (χ2v) is 5.13. The van der Waals surface area contributed by atoms with Crippen LogP contribution < -0.4 is 5.32 Å². The van der Waals surface area contributed by atoms with Gasteiger partial charge < -0.3 is 9.88 Å². The largest absolute Gasteiger partial charge is 0.338 e. The molecule has 1 aromatic rings. The number of hydrogen-bond acceptors (Lipinski definition) is 2. The maximum Gasteiger partial charge on any atom is 0.108 e. The van der Waals surface area contributed by atoms with Crippen LogP contribution in [-0.2, 0) is 13.5 Å². The second-order valence-electron chi connectivity index (χ2n) is 5.13. The van der Waals surface area contributed by atoms with Crippen LogP contribution in [0.5, 0.6) is 0 Å². The molecule has 1 aromatic heterocycles.